The number of hydrogen-bond donors (Lipinski definition) is 0. The zero-order valence-corrected chi connectivity index (χ0v) is 14.1. The van der Waals surface area contributed by atoms with Gasteiger partial charge in [0.05, 0.1) is 12.1 Å². The Morgan fingerprint density at radius 1 is 1.04 bits per heavy atom. The molecule has 0 bridgehead atoms. The van der Waals surface area contributed by atoms with E-state index in [9.17, 15) is 18.0 Å². The van der Waals surface area contributed by atoms with Gasteiger partial charge in [-0.1, -0.05) is 31.4 Å². The number of halogens is 3. The Balaban J connectivity index is 1.85. The molecular formula is C18H25F3N2O. The molecule has 24 heavy (non-hydrogen) atoms. The third-order valence-corrected chi connectivity index (χ3v) is 4.35. The Morgan fingerprint density at radius 2 is 1.58 bits per heavy atom. The average Bonchev–Trinajstić information content (AvgIpc) is 2.46. The van der Waals surface area contributed by atoms with E-state index in [-0.39, 0.29) is 5.91 Å². The molecule has 1 aromatic rings. The van der Waals surface area contributed by atoms with Gasteiger partial charge in [0.1, 0.15) is 0 Å². The lowest BCUT2D eigenvalue weighted by atomic mass is 10.1. The predicted octanol–water partition coefficient (Wildman–Crippen LogP) is 3.93. The normalized spacial score (nSPS) is 16.8. The number of likely N-dealkylation sites (tertiary alicyclic amines) is 1. The molecule has 1 fully saturated rings. The summed E-state index contributed by atoms with van der Waals surface area (Å²) in [5, 5.41) is 0. The van der Waals surface area contributed by atoms with Gasteiger partial charge >= 0.3 is 6.18 Å². The van der Waals surface area contributed by atoms with Crippen LogP contribution in [-0.4, -0.2) is 42.4 Å². The van der Waals surface area contributed by atoms with Gasteiger partial charge in [-0.15, -0.1) is 0 Å². The number of alkyl halides is 3. The zero-order chi connectivity index (χ0) is 17.6. The van der Waals surface area contributed by atoms with Crippen molar-refractivity contribution in [2.45, 2.75) is 44.8 Å². The third-order valence-electron chi connectivity index (χ3n) is 4.35. The highest BCUT2D eigenvalue weighted by atomic mass is 19.4. The first kappa shape index (κ1) is 18.8. The van der Waals surface area contributed by atoms with E-state index >= 15 is 0 Å². The van der Waals surface area contributed by atoms with Crippen molar-refractivity contribution in [1.29, 1.82) is 0 Å². The van der Waals surface area contributed by atoms with Crippen molar-refractivity contribution in [3.05, 3.63) is 35.4 Å². The Bertz CT molecular complexity index is 520. The second-order valence-corrected chi connectivity index (χ2v) is 6.52. The lowest BCUT2D eigenvalue weighted by molar-refractivity contribution is -0.137. The summed E-state index contributed by atoms with van der Waals surface area (Å²) >= 11 is 0. The molecule has 1 aliphatic heterocycles. The Hall–Kier alpha value is -1.56. The Kier molecular flexibility index (Phi) is 6.66. The van der Waals surface area contributed by atoms with Gasteiger partial charge in [0, 0.05) is 19.6 Å². The van der Waals surface area contributed by atoms with E-state index in [2.05, 4.69) is 0 Å². The van der Waals surface area contributed by atoms with Gasteiger partial charge in [0.15, 0.2) is 0 Å². The van der Waals surface area contributed by atoms with Crippen LogP contribution in [0, 0.1) is 0 Å². The van der Waals surface area contributed by atoms with Crippen molar-refractivity contribution < 1.29 is 18.0 Å². The van der Waals surface area contributed by atoms with Crippen molar-refractivity contribution in [3.63, 3.8) is 0 Å². The summed E-state index contributed by atoms with van der Waals surface area (Å²) in [6.45, 7) is 2.37. The van der Waals surface area contributed by atoms with Crippen LogP contribution in [0.3, 0.4) is 0 Å². The number of benzene rings is 1. The molecule has 1 heterocycles. The monoisotopic (exact) mass is 342 g/mol. The van der Waals surface area contributed by atoms with E-state index in [1.807, 2.05) is 16.8 Å². The largest absolute Gasteiger partial charge is 0.416 e. The molecule has 0 saturated carbocycles. The fourth-order valence-corrected chi connectivity index (χ4v) is 2.99. The van der Waals surface area contributed by atoms with Crippen LogP contribution in [0.1, 0.15) is 43.2 Å². The molecule has 0 unspecified atom stereocenters. The summed E-state index contributed by atoms with van der Waals surface area (Å²) in [5.74, 6) is 0.103. The molecule has 0 N–H and O–H groups in total. The molecule has 0 atom stereocenters. The molecule has 0 aromatic heterocycles. The number of likely N-dealkylation sites (N-methyl/N-ethyl adjacent to an activating group) is 1. The smallest absolute Gasteiger partial charge is 0.342 e. The Morgan fingerprint density at radius 3 is 2.12 bits per heavy atom. The van der Waals surface area contributed by atoms with Crippen LogP contribution in [0.4, 0.5) is 13.2 Å². The van der Waals surface area contributed by atoms with Crippen molar-refractivity contribution >= 4 is 5.91 Å². The molecule has 0 aliphatic carbocycles. The van der Waals surface area contributed by atoms with Crippen LogP contribution in [0.5, 0.6) is 0 Å². The van der Waals surface area contributed by atoms with Gasteiger partial charge in [0.25, 0.3) is 0 Å². The molecule has 0 radical (unpaired) electrons. The van der Waals surface area contributed by atoms with Crippen LogP contribution in [-0.2, 0) is 17.5 Å². The standard InChI is InChI=1S/C18H25F3N2O/c1-22(13-15-7-9-16(10-8-15)18(19,20)21)14-17(24)23-11-5-3-2-4-6-12-23/h7-10H,2-6,11-14H2,1H3. The highest BCUT2D eigenvalue weighted by Crippen LogP contribution is 2.29. The lowest BCUT2D eigenvalue weighted by Crippen LogP contribution is -2.40. The van der Waals surface area contributed by atoms with E-state index in [1.165, 1.54) is 31.4 Å². The average molecular weight is 342 g/mol. The molecule has 1 aliphatic rings. The van der Waals surface area contributed by atoms with Crippen LogP contribution >= 0.6 is 0 Å². The second-order valence-electron chi connectivity index (χ2n) is 6.52. The maximum absolute atomic E-state index is 12.6. The molecular weight excluding hydrogens is 317 g/mol. The molecule has 6 heteroatoms. The van der Waals surface area contributed by atoms with Crippen LogP contribution in [0.15, 0.2) is 24.3 Å². The minimum Gasteiger partial charge on any atom is -0.342 e. The summed E-state index contributed by atoms with van der Waals surface area (Å²) in [6.07, 6.45) is 1.38. The maximum Gasteiger partial charge on any atom is 0.416 e. The van der Waals surface area contributed by atoms with Gasteiger partial charge < -0.3 is 4.90 Å². The fourth-order valence-electron chi connectivity index (χ4n) is 2.99. The second kappa shape index (κ2) is 8.51. The highest BCUT2D eigenvalue weighted by Gasteiger charge is 2.30. The molecule has 1 saturated heterocycles. The first-order valence-electron chi connectivity index (χ1n) is 8.49. The number of nitrogens with zero attached hydrogens (tertiary/aromatic N) is 2. The van der Waals surface area contributed by atoms with Gasteiger partial charge in [0.2, 0.25) is 5.91 Å². The Labute approximate surface area is 141 Å². The minimum atomic E-state index is -4.31. The van der Waals surface area contributed by atoms with E-state index < -0.39 is 11.7 Å². The van der Waals surface area contributed by atoms with E-state index in [1.54, 1.807) is 0 Å². The minimum absolute atomic E-state index is 0.103. The first-order chi connectivity index (χ1) is 11.4. The molecule has 1 aromatic carbocycles. The summed E-state index contributed by atoms with van der Waals surface area (Å²) in [7, 11) is 1.82. The van der Waals surface area contributed by atoms with Crippen LogP contribution in [0.25, 0.3) is 0 Å². The molecule has 134 valence electrons. The highest BCUT2D eigenvalue weighted by molar-refractivity contribution is 5.78. The van der Waals surface area contributed by atoms with Crippen molar-refractivity contribution in [2.24, 2.45) is 0 Å². The van der Waals surface area contributed by atoms with E-state index in [0.717, 1.165) is 43.6 Å². The number of carbonyl (C=O) groups excluding carboxylic acids is 1. The number of amides is 1. The van der Waals surface area contributed by atoms with Gasteiger partial charge in [-0.25, -0.2) is 0 Å². The summed E-state index contributed by atoms with van der Waals surface area (Å²) in [5.41, 5.74) is 0.122. The summed E-state index contributed by atoms with van der Waals surface area (Å²) in [6, 6.07) is 5.12. The van der Waals surface area contributed by atoms with Gasteiger partial charge in [-0.05, 0) is 37.6 Å². The number of rotatable bonds is 4. The van der Waals surface area contributed by atoms with Crippen molar-refractivity contribution in [1.82, 2.24) is 9.80 Å². The van der Waals surface area contributed by atoms with Crippen molar-refractivity contribution in [2.75, 3.05) is 26.7 Å². The van der Waals surface area contributed by atoms with Crippen LogP contribution < -0.4 is 0 Å². The number of hydrogen-bond acceptors (Lipinski definition) is 2. The predicted molar refractivity (Wildman–Crippen MR) is 87.4 cm³/mol. The topological polar surface area (TPSA) is 23.6 Å². The fraction of sp³-hybridized carbons (Fsp3) is 0.611. The maximum atomic E-state index is 12.6. The van der Waals surface area contributed by atoms with Crippen LogP contribution in [0.2, 0.25) is 0 Å². The quantitative estimate of drug-likeness (QED) is 0.828. The SMILES string of the molecule is CN(CC(=O)N1CCCCCCC1)Cc1ccc(C(F)(F)F)cc1. The van der Waals surface area contributed by atoms with E-state index in [4.69, 9.17) is 0 Å². The zero-order valence-electron chi connectivity index (χ0n) is 14.1. The van der Waals surface area contributed by atoms with E-state index in [0.29, 0.717) is 13.1 Å². The third kappa shape index (κ3) is 5.82. The molecule has 2 rings (SSSR count). The lowest BCUT2D eigenvalue weighted by Gasteiger charge is -2.27. The molecule has 0 spiro atoms. The summed E-state index contributed by atoms with van der Waals surface area (Å²) < 4.78 is 37.7. The summed E-state index contributed by atoms with van der Waals surface area (Å²) in [4.78, 5) is 16.2. The van der Waals surface area contributed by atoms with Crippen molar-refractivity contribution in [3.8, 4) is 0 Å². The molecule has 1 amide bonds. The van der Waals surface area contributed by atoms with Gasteiger partial charge in [-0.2, -0.15) is 13.2 Å². The first-order valence-corrected chi connectivity index (χ1v) is 8.49. The number of carbonyl (C=O) groups is 1. The van der Waals surface area contributed by atoms with Gasteiger partial charge in [-0.3, -0.25) is 9.69 Å². The molecule has 3 nitrogen and oxygen atoms in total.